The average Bonchev–Trinajstić information content (AvgIpc) is 3.40. The van der Waals surface area contributed by atoms with E-state index in [2.05, 4.69) is 25.4 Å². The van der Waals surface area contributed by atoms with Crippen LogP contribution in [0.25, 0.3) is 5.69 Å². The Labute approximate surface area is 199 Å². The summed E-state index contributed by atoms with van der Waals surface area (Å²) in [5.41, 5.74) is 0.772. The van der Waals surface area contributed by atoms with Crippen molar-refractivity contribution in [1.29, 1.82) is 0 Å². The fourth-order valence-corrected chi connectivity index (χ4v) is 4.74. The zero-order valence-electron chi connectivity index (χ0n) is 16.6. The number of pyridine rings is 1. The number of hydrogen-bond donors (Lipinski definition) is 1. The first-order valence-corrected chi connectivity index (χ1v) is 11.7. The quantitative estimate of drug-likeness (QED) is 0.463. The number of carbonyl (C=O) groups is 1. The van der Waals surface area contributed by atoms with Gasteiger partial charge in [-0.05, 0) is 38.0 Å². The fourth-order valence-electron chi connectivity index (χ4n) is 3.24. The molecule has 7 nitrogen and oxygen atoms in total. The van der Waals surface area contributed by atoms with Crippen LogP contribution in [0.4, 0.5) is 11.8 Å². The number of anilines is 2. The Hall–Kier alpha value is -2.00. The van der Waals surface area contributed by atoms with Crippen molar-refractivity contribution in [2.45, 2.75) is 30.2 Å². The minimum Gasteiger partial charge on any atom is -0.341 e. The lowest BCUT2D eigenvalue weighted by atomic mass is 10.3. The first-order chi connectivity index (χ1) is 14.9. The maximum absolute atomic E-state index is 12.8. The molecule has 2 aromatic heterocycles. The lowest BCUT2D eigenvalue weighted by Crippen LogP contribution is -2.24. The minimum absolute atomic E-state index is 0.258. The van der Waals surface area contributed by atoms with Gasteiger partial charge in [0.1, 0.15) is 0 Å². The van der Waals surface area contributed by atoms with Crippen LogP contribution >= 0.6 is 46.6 Å². The van der Waals surface area contributed by atoms with Gasteiger partial charge in [-0.25, -0.2) is 4.98 Å². The van der Waals surface area contributed by atoms with Crippen molar-refractivity contribution >= 4 is 64.2 Å². The van der Waals surface area contributed by atoms with Crippen molar-refractivity contribution in [3.05, 3.63) is 51.6 Å². The first kappa shape index (κ1) is 22.2. The minimum atomic E-state index is -0.495. The Morgan fingerprint density at radius 3 is 2.58 bits per heavy atom. The van der Waals surface area contributed by atoms with Crippen LogP contribution in [-0.4, -0.2) is 44.0 Å². The van der Waals surface area contributed by atoms with Gasteiger partial charge in [-0.1, -0.05) is 58.7 Å². The van der Waals surface area contributed by atoms with Crippen LogP contribution in [-0.2, 0) is 4.79 Å². The molecule has 1 atom stereocenters. The highest BCUT2D eigenvalue weighted by atomic mass is 35.5. The zero-order valence-corrected chi connectivity index (χ0v) is 19.6. The van der Waals surface area contributed by atoms with E-state index >= 15 is 0 Å². The number of thioether (sulfide) groups is 1. The molecular formula is C20H19Cl3N6OS. The van der Waals surface area contributed by atoms with Crippen LogP contribution < -0.4 is 10.2 Å². The van der Waals surface area contributed by atoms with Gasteiger partial charge in [-0.15, -0.1) is 10.2 Å². The Morgan fingerprint density at radius 1 is 1.13 bits per heavy atom. The van der Waals surface area contributed by atoms with Crippen molar-refractivity contribution in [2.24, 2.45) is 0 Å². The van der Waals surface area contributed by atoms with Crippen LogP contribution in [0.1, 0.15) is 19.8 Å². The predicted molar refractivity (Wildman–Crippen MR) is 126 cm³/mol. The maximum atomic E-state index is 12.8. The number of rotatable bonds is 6. The fraction of sp³-hybridized carbons (Fsp3) is 0.300. The molecule has 162 valence electrons. The zero-order chi connectivity index (χ0) is 22.0. The number of aromatic nitrogens is 4. The van der Waals surface area contributed by atoms with E-state index in [4.69, 9.17) is 34.8 Å². The normalized spacial score (nSPS) is 14.6. The molecule has 0 radical (unpaired) electrons. The molecule has 4 rings (SSSR count). The Morgan fingerprint density at radius 2 is 1.87 bits per heavy atom. The summed E-state index contributed by atoms with van der Waals surface area (Å²) in [5, 5.41) is 12.9. The molecule has 1 unspecified atom stereocenters. The van der Waals surface area contributed by atoms with E-state index in [-0.39, 0.29) is 16.7 Å². The summed E-state index contributed by atoms with van der Waals surface area (Å²) in [6, 6.07) is 9.05. The number of para-hydroxylation sites is 1. The van der Waals surface area contributed by atoms with Gasteiger partial charge in [-0.3, -0.25) is 9.36 Å². The van der Waals surface area contributed by atoms with Crippen molar-refractivity contribution in [3.8, 4) is 5.69 Å². The molecule has 1 aromatic carbocycles. The van der Waals surface area contributed by atoms with Crippen LogP contribution in [0.5, 0.6) is 0 Å². The van der Waals surface area contributed by atoms with Crippen molar-refractivity contribution in [2.75, 3.05) is 23.3 Å². The third-order valence-corrected chi connectivity index (χ3v) is 6.66. The predicted octanol–water partition coefficient (Wildman–Crippen LogP) is 5.34. The van der Waals surface area contributed by atoms with Gasteiger partial charge in [0.05, 0.1) is 26.0 Å². The Bertz CT molecular complexity index is 1100. The number of benzene rings is 1. The molecule has 3 aromatic rings. The number of nitrogens with one attached hydrogen (secondary N) is 1. The lowest BCUT2D eigenvalue weighted by molar-refractivity contribution is -0.115. The molecule has 1 fully saturated rings. The molecule has 0 spiro atoms. The largest absolute Gasteiger partial charge is 0.341 e. The molecule has 31 heavy (non-hydrogen) atoms. The van der Waals surface area contributed by atoms with E-state index in [0.717, 1.165) is 37.6 Å². The molecule has 1 N–H and O–H groups in total. The van der Waals surface area contributed by atoms with Crippen molar-refractivity contribution < 1.29 is 4.79 Å². The standard InChI is InChI=1S/C20H19Cl3N6OS/c1-12(18(30)25-17-15(23)10-13(21)11-24-17)31-20-27-26-19(28-8-4-5-9-28)29(20)16-7-3-2-6-14(16)22/h2-3,6-7,10-12H,4-5,8-9H2,1H3,(H,24,25,30). The molecule has 1 saturated heterocycles. The molecule has 3 heterocycles. The van der Waals surface area contributed by atoms with E-state index in [1.54, 1.807) is 6.92 Å². The van der Waals surface area contributed by atoms with Gasteiger partial charge in [0.25, 0.3) is 0 Å². The Balaban J connectivity index is 1.60. The van der Waals surface area contributed by atoms with E-state index in [9.17, 15) is 4.79 Å². The number of halogens is 3. The summed E-state index contributed by atoms with van der Waals surface area (Å²) in [4.78, 5) is 19.0. The van der Waals surface area contributed by atoms with Crippen molar-refractivity contribution in [1.82, 2.24) is 19.7 Å². The summed E-state index contributed by atoms with van der Waals surface area (Å²) in [6.07, 6.45) is 3.63. The highest BCUT2D eigenvalue weighted by molar-refractivity contribution is 8.00. The summed E-state index contributed by atoms with van der Waals surface area (Å²) in [7, 11) is 0. The van der Waals surface area contributed by atoms with Crippen LogP contribution in [0.2, 0.25) is 15.1 Å². The van der Waals surface area contributed by atoms with E-state index in [1.165, 1.54) is 24.0 Å². The number of carbonyl (C=O) groups excluding carboxylic acids is 1. The van der Waals surface area contributed by atoms with E-state index < -0.39 is 5.25 Å². The van der Waals surface area contributed by atoms with Crippen molar-refractivity contribution in [3.63, 3.8) is 0 Å². The molecule has 1 aliphatic heterocycles. The molecule has 1 amide bonds. The first-order valence-electron chi connectivity index (χ1n) is 9.68. The van der Waals surface area contributed by atoms with Gasteiger partial charge in [-0.2, -0.15) is 0 Å². The summed E-state index contributed by atoms with van der Waals surface area (Å²) in [6.45, 7) is 3.60. The smallest absolute Gasteiger partial charge is 0.238 e. The third kappa shape index (κ3) is 4.92. The molecule has 0 aliphatic carbocycles. The summed E-state index contributed by atoms with van der Waals surface area (Å²) >= 11 is 19.8. The molecule has 0 saturated carbocycles. The topological polar surface area (TPSA) is 75.9 Å². The van der Waals surface area contributed by atoms with Gasteiger partial charge in [0.2, 0.25) is 11.9 Å². The molecule has 1 aliphatic rings. The second kappa shape index (κ2) is 9.65. The molecule has 11 heteroatoms. The number of hydrogen-bond acceptors (Lipinski definition) is 6. The van der Waals surface area contributed by atoms with Crippen LogP contribution in [0.3, 0.4) is 0 Å². The van der Waals surface area contributed by atoms with Gasteiger partial charge >= 0.3 is 0 Å². The number of nitrogens with zero attached hydrogens (tertiary/aromatic N) is 5. The molecule has 0 bridgehead atoms. The van der Waals surface area contributed by atoms with Crippen LogP contribution in [0, 0.1) is 0 Å². The van der Waals surface area contributed by atoms with E-state index in [1.807, 2.05) is 28.8 Å². The second-order valence-corrected chi connectivity index (χ2v) is 9.56. The van der Waals surface area contributed by atoms with Crippen LogP contribution in [0.15, 0.2) is 41.7 Å². The summed E-state index contributed by atoms with van der Waals surface area (Å²) < 4.78 is 1.91. The van der Waals surface area contributed by atoms with E-state index in [0.29, 0.717) is 15.2 Å². The maximum Gasteiger partial charge on any atom is 0.238 e. The van der Waals surface area contributed by atoms with Gasteiger partial charge in [0, 0.05) is 19.3 Å². The number of amides is 1. The third-order valence-electron chi connectivity index (χ3n) is 4.80. The highest BCUT2D eigenvalue weighted by Gasteiger charge is 2.26. The Kier molecular flexibility index (Phi) is 6.91. The van der Waals surface area contributed by atoms with Gasteiger partial charge < -0.3 is 10.2 Å². The highest BCUT2D eigenvalue weighted by Crippen LogP contribution is 2.34. The van der Waals surface area contributed by atoms with Gasteiger partial charge in [0.15, 0.2) is 11.0 Å². The summed E-state index contributed by atoms with van der Waals surface area (Å²) in [5.74, 6) is 0.718. The second-order valence-electron chi connectivity index (χ2n) is 7.00. The average molecular weight is 498 g/mol. The SMILES string of the molecule is CC(Sc1nnc(N2CCCC2)n1-c1ccccc1Cl)C(=O)Nc1ncc(Cl)cc1Cl. The molecular weight excluding hydrogens is 479 g/mol. The lowest BCUT2D eigenvalue weighted by Gasteiger charge is -2.19. The monoisotopic (exact) mass is 496 g/mol.